The highest BCUT2D eigenvalue weighted by molar-refractivity contribution is 5.94. The minimum atomic E-state index is -0.189. The molecule has 1 saturated heterocycles. The predicted octanol–water partition coefficient (Wildman–Crippen LogP) is 4.05. The zero-order chi connectivity index (χ0) is 22.2. The van der Waals surface area contributed by atoms with Crippen molar-refractivity contribution in [1.29, 1.82) is 0 Å². The summed E-state index contributed by atoms with van der Waals surface area (Å²) in [5.74, 6) is 0.273. The van der Waals surface area contributed by atoms with Crippen LogP contribution in [0, 0.1) is 5.92 Å². The number of benzene rings is 2. The Hall–Kier alpha value is -3.35. The molecule has 0 unspecified atom stereocenters. The van der Waals surface area contributed by atoms with E-state index in [9.17, 15) is 14.4 Å². The summed E-state index contributed by atoms with van der Waals surface area (Å²) in [5, 5.41) is 5.75. The lowest BCUT2D eigenvalue weighted by atomic mass is 10.1. The number of carbonyl (C=O) groups is 3. The Morgan fingerprint density at radius 1 is 0.806 bits per heavy atom. The average Bonchev–Trinajstić information content (AvgIpc) is 3.01. The second-order valence-electron chi connectivity index (χ2n) is 8.15. The summed E-state index contributed by atoms with van der Waals surface area (Å²) in [6.07, 6.45) is 1.20. The van der Waals surface area contributed by atoms with Crippen molar-refractivity contribution in [2.24, 2.45) is 5.92 Å². The Balaban J connectivity index is 1.51. The molecule has 4 amide bonds. The number of rotatable bonds is 5. The number of hydrogen-bond acceptors (Lipinski definition) is 3. The second kappa shape index (κ2) is 10.6. The van der Waals surface area contributed by atoms with E-state index in [1.807, 2.05) is 44.2 Å². The van der Waals surface area contributed by atoms with Crippen molar-refractivity contribution in [1.82, 2.24) is 9.80 Å². The van der Waals surface area contributed by atoms with Crippen LogP contribution in [0.1, 0.15) is 37.0 Å². The van der Waals surface area contributed by atoms with Gasteiger partial charge in [-0.15, -0.1) is 0 Å². The molecule has 0 bridgehead atoms. The molecule has 1 aliphatic rings. The molecule has 0 aliphatic carbocycles. The van der Waals surface area contributed by atoms with Crippen LogP contribution in [-0.4, -0.2) is 53.8 Å². The molecule has 2 aromatic carbocycles. The molecule has 164 valence electrons. The van der Waals surface area contributed by atoms with Gasteiger partial charge in [-0.3, -0.25) is 9.59 Å². The Morgan fingerprint density at radius 3 is 2.03 bits per heavy atom. The van der Waals surface area contributed by atoms with Gasteiger partial charge < -0.3 is 20.4 Å². The Kier molecular flexibility index (Phi) is 7.65. The topological polar surface area (TPSA) is 81.8 Å². The summed E-state index contributed by atoms with van der Waals surface area (Å²) < 4.78 is 0. The zero-order valence-corrected chi connectivity index (χ0v) is 18.1. The van der Waals surface area contributed by atoms with Gasteiger partial charge in [0.05, 0.1) is 0 Å². The summed E-state index contributed by atoms with van der Waals surface area (Å²) in [6, 6.07) is 16.1. The maximum absolute atomic E-state index is 12.7. The van der Waals surface area contributed by atoms with Crippen molar-refractivity contribution >= 4 is 29.2 Å². The Morgan fingerprint density at radius 2 is 1.39 bits per heavy atom. The van der Waals surface area contributed by atoms with E-state index in [-0.39, 0.29) is 17.8 Å². The number of urea groups is 1. The number of nitrogens with one attached hydrogen (secondary N) is 2. The molecule has 0 aromatic heterocycles. The van der Waals surface area contributed by atoms with Gasteiger partial charge in [-0.25, -0.2) is 4.79 Å². The molecular formula is C24H30N4O3. The lowest BCUT2D eigenvalue weighted by Gasteiger charge is -2.22. The molecule has 1 aliphatic heterocycles. The molecule has 31 heavy (non-hydrogen) atoms. The van der Waals surface area contributed by atoms with Gasteiger partial charge in [0, 0.05) is 49.5 Å². The van der Waals surface area contributed by atoms with Gasteiger partial charge in [0.1, 0.15) is 0 Å². The van der Waals surface area contributed by atoms with Gasteiger partial charge in [0.2, 0.25) is 5.91 Å². The number of hydrogen-bond donors (Lipinski definition) is 2. The number of nitrogens with zero attached hydrogens (tertiary/aromatic N) is 2. The largest absolute Gasteiger partial charge is 0.337 e. The summed E-state index contributed by atoms with van der Waals surface area (Å²) in [6.45, 7) is 6.20. The quantitative estimate of drug-likeness (QED) is 0.763. The first-order chi connectivity index (χ1) is 14.9. The van der Waals surface area contributed by atoms with Gasteiger partial charge in [-0.2, -0.15) is 0 Å². The van der Waals surface area contributed by atoms with Crippen LogP contribution in [0.3, 0.4) is 0 Å². The zero-order valence-electron chi connectivity index (χ0n) is 18.1. The highest BCUT2D eigenvalue weighted by atomic mass is 16.2. The molecular weight excluding hydrogens is 392 g/mol. The van der Waals surface area contributed by atoms with Crippen molar-refractivity contribution in [2.45, 2.75) is 26.7 Å². The second-order valence-corrected chi connectivity index (χ2v) is 8.15. The molecule has 7 heteroatoms. The smallest absolute Gasteiger partial charge is 0.321 e. The third kappa shape index (κ3) is 6.57. The molecule has 0 radical (unpaired) electrons. The van der Waals surface area contributed by atoms with Crippen molar-refractivity contribution in [3.05, 3.63) is 60.2 Å². The van der Waals surface area contributed by atoms with Gasteiger partial charge in [-0.05, 0) is 48.7 Å². The Bertz CT molecular complexity index is 897. The van der Waals surface area contributed by atoms with Crippen LogP contribution >= 0.6 is 0 Å². The van der Waals surface area contributed by atoms with E-state index in [4.69, 9.17) is 0 Å². The summed E-state index contributed by atoms with van der Waals surface area (Å²) in [4.78, 5) is 40.8. The Labute approximate surface area is 183 Å². The van der Waals surface area contributed by atoms with E-state index in [0.29, 0.717) is 55.5 Å². The summed E-state index contributed by atoms with van der Waals surface area (Å²) in [5.41, 5.74) is 2.03. The average molecular weight is 423 g/mol. The van der Waals surface area contributed by atoms with E-state index in [0.717, 1.165) is 6.42 Å². The molecule has 0 atom stereocenters. The molecule has 1 heterocycles. The van der Waals surface area contributed by atoms with Crippen LogP contribution in [0.2, 0.25) is 0 Å². The third-order valence-electron chi connectivity index (χ3n) is 5.10. The minimum Gasteiger partial charge on any atom is -0.337 e. The van der Waals surface area contributed by atoms with Crippen molar-refractivity contribution in [2.75, 3.05) is 36.8 Å². The summed E-state index contributed by atoms with van der Waals surface area (Å²) in [7, 11) is 0. The lowest BCUT2D eigenvalue weighted by Crippen LogP contribution is -2.39. The fourth-order valence-electron chi connectivity index (χ4n) is 3.51. The summed E-state index contributed by atoms with van der Waals surface area (Å²) >= 11 is 0. The van der Waals surface area contributed by atoms with Crippen molar-refractivity contribution in [3.8, 4) is 0 Å². The maximum Gasteiger partial charge on any atom is 0.321 e. The monoisotopic (exact) mass is 422 g/mol. The van der Waals surface area contributed by atoms with Crippen LogP contribution in [0.25, 0.3) is 0 Å². The third-order valence-corrected chi connectivity index (χ3v) is 5.10. The highest BCUT2D eigenvalue weighted by Crippen LogP contribution is 2.16. The van der Waals surface area contributed by atoms with Gasteiger partial charge >= 0.3 is 6.03 Å². The number of amides is 4. The standard InChI is InChI=1S/C24H30N4O3/c1-18(2)17-22(29)25-20-9-11-21(12-10-20)26-24(31)28-14-6-13-27(15-16-28)23(30)19-7-4-3-5-8-19/h3-5,7-12,18H,6,13-17H2,1-2H3,(H,25,29)(H,26,31). The first kappa shape index (κ1) is 22.3. The van der Waals surface area contributed by atoms with Crippen LogP contribution in [0.15, 0.2) is 54.6 Å². The molecule has 1 fully saturated rings. The molecule has 0 saturated carbocycles. The normalized spacial score (nSPS) is 14.2. The fraction of sp³-hybridized carbons (Fsp3) is 0.375. The predicted molar refractivity (Wildman–Crippen MR) is 122 cm³/mol. The first-order valence-corrected chi connectivity index (χ1v) is 10.7. The first-order valence-electron chi connectivity index (χ1n) is 10.7. The maximum atomic E-state index is 12.7. The van der Waals surface area contributed by atoms with Gasteiger partial charge in [0.15, 0.2) is 0 Å². The van der Waals surface area contributed by atoms with E-state index in [2.05, 4.69) is 10.6 Å². The van der Waals surface area contributed by atoms with E-state index >= 15 is 0 Å². The molecule has 3 rings (SSSR count). The van der Waals surface area contributed by atoms with Gasteiger partial charge in [-0.1, -0.05) is 32.0 Å². The van der Waals surface area contributed by atoms with Crippen LogP contribution in [-0.2, 0) is 4.79 Å². The van der Waals surface area contributed by atoms with Crippen LogP contribution < -0.4 is 10.6 Å². The number of anilines is 2. The van der Waals surface area contributed by atoms with Crippen molar-refractivity contribution in [3.63, 3.8) is 0 Å². The molecule has 2 aromatic rings. The highest BCUT2D eigenvalue weighted by Gasteiger charge is 2.22. The molecule has 0 spiro atoms. The fourth-order valence-corrected chi connectivity index (χ4v) is 3.51. The van der Waals surface area contributed by atoms with Gasteiger partial charge in [0.25, 0.3) is 5.91 Å². The lowest BCUT2D eigenvalue weighted by molar-refractivity contribution is -0.116. The number of carbonyl (C=O) groups excluding carboxylic acids is 3. The molecule has 2 N–H and O–H groups in total. The van der Waals surface area contributed by atoms with Crippen molar-refractivity contribution < 1.29 is 14.4 Å². The SMILES string of the molecule is CC(C)CC(=O)Nc1ccc(NC(=O)N2CCCN(C(=O)c3ccccc3)CC2)cc1. The van der Waals surface area contributed by atoms with E-state index < -0.39 is 0 Å². The van der Waals surface area contributed by atoms with Crippen LogP contribution in [0.4, 0.5) is 16.2 Å². The van der Waals surface area contributed by atoms with Crippen LogP contribution in [0.5, 0.6) is 0 Å². The van der Waals surface area contributed by atoms with E-state index in [1.165, 1.54) is 0 Å². The molecule has 7 nitrogen and oxygen atoms in total. The van der Waals surface area contributed by atoms with E-state index in [1.54, 1.807) is 34.1 Å². The minimum absolute atomic E-state index is 0.00189.